The Morgan fingerprint density at radius 2 is 1.75 bits per heavy atom. The molecule has 1 aliphatic carbocycles. The Bertz CT molecular complexity index is 1060. The minimum Gasteiger partial charge on any atom is -0.351 e. The fourth-order valence-corrected chi connectivity index (χ4v) is 3.74. The van der Waals surface area contributed by atoms with Gasteiger partial charge in [0.25, 0.3) is 5.91 Å². The summed E-state index contributed by atoms with van der Waals surface area (Å²) in [6.07, 6.45) is 2.18. The van der Waals surface area contributed by atoms with Gasteiger partial charge in [-0.3, -0.25) is 4.79 Å². The summed E-state index contributed by atoms with van der Waals surface area (Å²) in [5.41, 5.74) is 5.19. The van der Waals surface area contributed by atoms with E-state index >= 15 is 0 Å². The van der Waals surface area contributed by atoms with Gasteiger partial charge in [-0.1, -0.05) is 42.5 Å². The molecule has 0 atom stereocenters. The van der Waals surface area contributed by atoms with Crippen LogP contribution in [0.5, 0.6) is 0 Å². The van der Waals surface area contributed by atoms with Gasteiger partial charge in [-0.25, -0.2) is 0 Å². The molecule has 1 aromatic heterocycles. The van der Waals surface area contributed by atoms with E-state index in [4.69, 9.17) is 0 Å². The van der Waals surface area contributed by atoms with Crippen molar-refractivity contribution >= 4 is 33.3 Å². The number of para-hydroxylation sites is 1. The summed E-state index contributed by atoms with van der Waals surface area (Å²) in [6.45, 7) is 0. The lowest BCUT2D eigenvalue weighted by molar-refractivity contribution is 0.102. The van der Waals surface area contributed by atoms with Gasteiger partial charge in [0.05, 0.1) is 0 Å². The number of hydrogen-bond donors (Lipinski definition) is 2. The number of aromatic amines is 1. The second kappa shape index (κ2) is 4.96. The standard InChI is InChI=1S/C21H16N2O/c24-21(19-12-15-4-1-2-7-17(15)22-19)23-18-11-10-14-9-8-13-5-3-6-16(18)20(13)14/h1-7,10-12,22H,8-9H2,(H,23,24). The Hall–Kier alpha value is -3.07. The second-order valence-corrected chi connectivity index (χ2v) is 6.34. The van der Waals surface area contributed by atoms with Gasteiger partial charge in [0.15, 0.2) is 0 Å². The number of rotatable bonds is 2. The largest absolute Gasteiger partial charge is 0.351 e. The fourth-order valence-electron chi connectivity index (χ4n) is 3.74. The Morgan fingerprint density at radius 1 is 0.917 bits per heavy atom. The van der Waals surface area contributed by atoms with Crippen LogP contribution in [0.4, 0.5) is 5.69 Å². The van der Waals surface area contributed by atoms with Gasteiger partial charge in [-0.05, 0) is 47.6 Å². The molecule has 0 spiro atoms. The summed E-state index contributed by atoms with van der Waals surface area (Å²) in [4.78, 5) is 15.9. The molecule has 0 fully saturated rings. The van der Waals surface area contributed by atoms with Crippen molar-refractivity contribution in [3.05, 3.63) is 77.5 Å². The first-order chi connectivity index (χ1) is 11.8. The van der Waals surface area contributed by atoms with Gasteiger partial charge in [-0.2, -0.15) is 0 Å². The van der Waals surface area contributed by atoms with E-state index in [1.165, 1.54) is 16.5 Å². The van der Waals surface area contributed by atoms with Gasteiger partial charge in [0.2, 0.25) is 0 Å². The molecule has 116 valence electrons. The SMILES string of the molecule is O=C(Nc1ccc2c3c(cccc13)CC2)c1cc2ccccc2[nH]1. The van der Waals surface area contributed by atoms with Crippen molar-refractivity contribution in [3.63, 3.8) is 0 Å². The summed E-state index contributed by atoms with van der Waals surface area (Å²) in [5.74, 6) is -0.107. The molecule has 1 amide bonds. The molecule has 3 aromatic carbocycles. The molecule has 0 saturated carbocycles. The quantitative estimate of drug-likeness (QED) is 0.555. The van der Waals surface area contributed by atoms with Crippen molar-refractivity contribution in [3.8, 4) is 0 Å². The lowest BCUT2D eigenvalue weighted by Crippen LogP contribution is -2.12. The van der Waals surface area contributed by atoms with Crippen molar-refractivity contribution in [2.45, 2.75) is 12.8 Å². The zero-order valence-electron chi connectivity index (χ0n) is 13.1. The predicted octanol–water partition coefficient (Wildman–Crippen LogP) is 4.67. The van der Waals surface area contributed by atoms with Crippen molar-refractivity contribution in [1.29, 1.82) is 0 Å². The molecule has 0 unspecified atom stereocenters. The van der Waals surface area contributed by atoms with E-state index in [0.717, 1.165) is 34.8 Å². The van der Waals surface area contributed by atoms with Crippen molar-refractivity contribution in [1.82, 2.24) is 4.98 Å². The van der Waals surface area contributed by atoms with Crippen molar-refractivity contribution in [2.24, 2.45) is 0 Å². The third kappa shape index (κ3) is 1.95. The zero-order chi connectivity index (χ0) is 16.1. The van der Waals surface area contributed by atoms with Crippen LogP contribution in [-0.2, 0) is 12.8 Å². The number of nitrogens with one attached hydrogen (secondary N) is 2. The molecule has 2 N–H and O–H groups in total. The van der Waals surface area contributed by atoms with Crippen LogP contribution in [-0.4, -0.2) is 10.9 Å². The third-order valence-electron chi connectivity index (χ3n) is 4.90. The normalized spacial score (nSPS) is 12.8. The average Bonchev–Trinajstić information content (AvgIpc) is 3.22. The Labute approximate surface area is 139 Å². The van der Waals surface area contributed by atoms with Crippen LogP contribution in [0.25, 0.3) is 21.7 Å². The number of H-pyrrole nitrogens is 1. The molecule has 0 aliphatic heterocycles. The molecule has 5 rings (SSSR count). The zero-order valence-corrected chi connectivity index (χ0v) is 13.1. The first-order valence-corrected chi connectivity index (χ1v) is 8.22. The number of benzene rings is 3. The van der Waals surface area contributed by atoms with E-state index in [0.29, 0.717) is 5.69 Å². The summed E-state index contributed by atoms with van der Waals surface area (Å²) < 4.78 is 0. The number of carbonyl (C=O) groups excluding carboxylic acids is 1. The van der Waals surface area contributed by atoms with E-state index in [1.807, 2.05) is 36.4 Å². The topological polar surface area (TPSA) is 44.9 Å². The highest BCUT2D eigenvalue weighted by Crippen LogP contribution is 2.35. The van der Waals surface area contributed by atoms with Gasteiger partial charge >= 0.3 is 0 Å². The molecule has 3 heteroatoms. The molecule has 1 heterocycles. The van der Waals surface area contributed by atoms with Crippen LogP contribution in [0.1, 0.15) is 21.6 Å². The molecular formula is C21H16N2O. The maximum Gasteiger partial charge on any atom is 0.272 e. The maximum absolute atomic E-state index is 12.7. The van der Waals surface area contributed by atoms with Gasteiger partial charge < -0.3 is 10.3 Å². The monoisotopic (exact) mass is 312 g/mol. The molecule has 4 aromatic rings. The van der Waals surface area contributed by atoms with Crippen LogP contribution in [0.2, 0.25) is 0 Å². The van der Waals surface area contributed by atoms with E-state index in [9.17, 15) is 4.79 Å². The number of aryl methyl sites for hydroxylation is 2. The Kier molecular flexibility index (Phi) is 2.77. The number of aromatic nitrogens is 1. The highest BCUT2D eigenvalue weighted by atomic mass is 16.1. The Morgan fingerprint density at radius 3 is 2.62 bits per heavy atom. The fraction of sp³-hybridized carbons (Fsp3) is 0.0952. The summed E-state index contributed by atoms with van der Waals surface area (Å²) in [7, 11) is 0. The highest BCUT2D eigenvalue weighted by molar-refractivity contribution is 6.11. The predicted molar refractivity (Wildman–Crippen MR) is 97.6 cm³/mol. The van der Waals surface area contributed by atoms with Crippen LogP contribution in [0.15, 0.2) is 60.7 Å². The molecule has 0 saturated heterocycles. The number of hydrogen-bond acceptors (Lipinski definition) is 1. The van der Waals surface area contributed by atoms with E-state index < -0.39 is 0 Å². The number of carbonyl (C=O) groups is 1. The summed E-state index contributed by atoms with van der Waals surface area (Å²) in [5, 5.41) is 6.56. The van der Waals surface area contributed by atoms with Crippen LogP contribution >= 0.6 is 0 Å². The first-order valence-electron chi connectivity index (χ1n) is 8.22. The molecule has 1 aliphatic rings. The molecule has 24 heavy (non-hydrogen) atoms. The molecular weight excluding hydrogens is 296 g/mol. The van der Waals surface area contributed by atoms with Crippen LogP contribution in [0.3, 0.4) is 0 Å². The number of fused-ring (bicyclic) bond motifs is 1. The first kappa shape index (κ1) is 13.4. The van der Waals surface area contributed by atoms with Crippen molar-refractivity contribution in [2.75, 3.05) is 5.32 Å². The highest BCUT2D eigenvalue weighted by Gasteiger charge is 2.17. The van der Waals surface area contributed by atoms with E-state index in [-0.39, 0.29) is 5.91 Å². The third-order valence-corrected chi connectivity index (χ3v) is 4.90. The summed E-state index contributed by atoms with van der Waals surface area (Å²) in [6, 6.07) is 20.3. The molecule has 0 bridgehead atoms. The number of amides is 1. The smallest absolute Gasteiger partial charge is 0.272 e. The van der Waals surface area contributed by atoms with E-state index in [1.54, 1.807) is 0 Å². The summed E-state index contributed by atoms with van der Waals surface area (Å²) >= 11 is 0. The Balaban J connectivity index is 1.56. The van der Waals surface area contributed by atoms with Gasteiger partial charge in [0.1, 0.15) is 5.69 Å². The molecule has 3 nitrogen and oxygen atoms in total. The lowest BCUT2D eigenvalue weighted by atomic mass is 10.0. The average molecular weight is 312 g/mol. The van der Waals surface area contributed by atoms with Gasteiger partial charge in [-0.15, -0.1) is 0 Å². The molecule has 0 radical (unpaired) electrons. The second-order valence-electron chi connectivity index (χ2n) is 6.34. The lowest BCUT2D eigenvalue weighted by Gasteiger charge is -2.10. The van der Waals surface area contributed by atoms with Gasteiger partial charge in [0, 0.05) is 22.0 Å². The number of anilines is 1. The minimum absolute atomic E-state index is 0.107. The minimum atomic E-state index is -0.107. The van der Waals surface area contributed by atoms with Crippen molar-refractivity contribution < 1.29 is 4.79 Å². The van der Waals surface area contributed by atoms with Crippen LogP contribution < -0.4 is 5.32 Å². The van der Waals surface area contributed by atoms with E-state index in [2.05, 4.69) is 34.6 Å². The van der Waals surface area contributed by atoms with Crippen LogP contribution in [0, 0.1) is 0 Å². The maximum atomic E-state index is 12.7.